The predicted molar refractivity (Wildman–Crippen MR) is 152 cm³/mol. The molecule has 1 aliphatic heterocycles. The number of thioether (sulfide) groups is 1. The molecule has 0 saturated carbocycles. The topological polar surface area (TPSA) is 75.7 Å². The summed E-state index contributed by atoms with van der Waals surface area (Å²) in [5, 5.41) is 3.33. The minimum Gasteiger partial charge on any atom is -0.484 e. The number of nitrogens with one attached hydrogen (secondary N) is 1. The van der Waals surface area contributed by atoms with Gasteiger partial charge in [-0.3, -0.25) is 19.3 Å². The molecule has 0 unspecified atom stereocenters. The van der Waals surface area contributed by atoms with E-state index >= 15 is 0 Å². The maximum absolute atomic E-state index is 12.8. The molecule has 3 aromatic rings. The van der Waals surface area contributed by atoms with Gasteiger partial charge in [0.15, 0.2) is 6.61 Å². The number of halogens is 3. The lowest BCUT2D eigenvalue weighted by Gasteiger charge is -2.13. The van der Waals surface area contributed by atoms with Crippen LogP contribution in [0.25, 0.3) is 6.08 Å². The second-order valence-electron chi connectivity index (χ2n) is 8.33. The van der Waals surface area contributed by atoms with E-state index in [0.717, 1.165) is 32.3 Å². The highest BCUT2D eigenvalue weighted by atomic mass is 79.9. The number of benzene rings is 3. The standard InChI is InChI=1S/C27H21BrCl2N2O4S/c1-15-9-21(28)23(10-16(15)2)31-25(33)14-36-20-7-3-17(4-8-20)11-24-26(34)32(27(35)37-24)13-18-5-6-19(29)12-22(18)30/h3-12H,13-14H2,1-2H3,(H,31,33)/b24-11+. The number of amides is 3. The largest absolute Gasteiger partial charge is 0.484 e. The average Bonchev–Trinajstić information content (AvgIpc) is 3.11. The molecule has 1 heterocycles. The number of carbonyl (C=O) groups excluding carboxylic acids is 3. The van der Waals surface area contributed by atoms with E-state index in [1.807, 2.05) is 26.0 Å². The Morgan fingerprint density at radius 1 is 1.05 bits per heavy atom. The molecule has 0 aromatic heterocycles. The number of hydrogen-bond acceptors (Lipinski definition) is 5. The summed E-state index contributed by atoms with van der Waals surface area (Å²) in [5.41, 5.74) is 4.22. The lowest BCUT2D eigenvalue weighted by Crippen LogP contribution is -2.27. The zero-order valence-electron chi connectivity index (χ0n) is 19.8. The van der Waals surface area contributed by atoms with Gasteiger partial charge < -0.3 is 10.1 Å². The second-order valence-corrected chi connectivity index (χ2v) is 11.0. The third kappa shape index (κ3) is 6.76. The first-order chi connectivity index (χ1) is 17.6. The van der Waals surface area contributed by atoms with Crippen LogP contribution in [-0.2, 0) is 16.1 Å². The fraction of sp³-hybridized carbons (Fsp3) is 0.148. The molecule has 4 rings (SSSR count). The Bertz CT molecular complexity index is 1430. The van der Waals surface area contributed by atoms with Gasteiger partial charge in [0.2, 0.25) is 0 Å². The van der Waals surface area contributed by atoms with Crippen LogP contribution in [0.1, 0.15) is 22.3 Å². The van der Waals surface area contributed by atoms with Gasteiger partial charge in [-0.15, -0.1) is 0 Å². The Morgan fingerprint density at radius 2 is 1.76 bits per heavy atom. The molecule has 6 nitrogen and oxygen atoms in total. The molecule has 3 amide bonds. The molecular formula is C27H21BrCl2N2O4S. The summed E-state index contributed by atoms with van der Waals surface area (Å²) in [6, 6.07) is 15.7. The van der Waals surface area contributed by atoms with Crippen LogP contribution >= 0.6 is 50.9 Å². The summed E-state index contributed by atoms with van der Waals surface area (Å²) in [5.74, 6) is -0.185. The number of carbonyl (C=O) groups is 3. The van der Waals surface area contributed by atoms with Crippen molar-refractivity contribution in [2.24, 2.45) is 0 Å². The average molecular weight is 620 g/mol. The molecule has 1 aliphatic rings. The van der Waals surface area contributed by atoms with Crippen molar-refractivity contribution in [3.63, 3.8) is 0 Å². The molecule has 10 heteroatoms. The Kier molecular flexibility index (Phi) is 8.64. The van der Waals surface area contributed by atoms with Crippen LogP contribution < -0.4 is 10.1 Å². The lowest BCUT2D eigenvalue weighted by atomic mass is 10.1. The fourth-order valence-electron chi connectivity index (χ4n) is 3.48. The van der Waals surface area contributed by atoms with Crippen molar-refractivity contribution < 1.29 is 19.1 Å². The first-order valence-electron chi connectivity index (χ1n) is 11.1. The van der Waals surface area contributed by atoms with Gasteiger partial charge in [0.1, 0.15) is 5.75 Å². The molecule has 3 aromatic carbocycles. The molecule has 0 radical (unpaired) electrons. The number of ether oxygens (including phenoxy) is 1. The van der Waals surface area contributed by atoms with E-state index in [2.05, 4.69) is 21.2 Å². The van der Waals surface area contributed by atoms with Crippen molar-refractivity contribution in [3.8, 4) is 5.75 Å². The van der Waals surface area contributed by atoms with E-state index in [1.54, 1.807) is 48.5 Å². The van der Waals surface area contributed by atoms with Gasteiger partial charge in [-0.2, -0.15) is 0 Å². The van der Waals surface area contributed by atoms with Crippen molar-refractivity contribution in [3.05, 3.63) is 96.3 Å². The molecule has 190 valence electrons. The summed E-state index contributed by atoms with van der Waals surface area (Å²) in [4.78, 5) is 39.1. The highest BCUT2D eigenvalue weighted by Crippen LogP contribution is 2.35. The van der Waals surface area contributed by atoms with Gasteiger partial charge in [0, 0.05) is 14.5 Å². The second kappa shape index (κ2) is 11.7. The number of nitrogens with zero attached hydrogens (tertiary/aromatic N) is 1. The van der Waals surface area contributed by atoms with Gasteiger partial charge in [0.25, 0.3) is 17.1 Å². The van der Waals surface area contributed by atoms with Crippen molar-refractivity contribution in [1.29, 1.82) is 0 Å². The van der Waals surface area contributed by atoms with Crippen LogP contribution in [-0.4, -0.2) is 28.6 Å². The maximum atomic E-state index is 12.8. The fourth-order valence-corrected chi connectivity index (χ4v) is 5.34. The number of aryl methyl sites for hydroxylation is 2. The van der Waals surface area contributed by atoms with Crippen LogP contribution in [0.5, 0.6) is 5.75 Å². The Morgan fingerprint density at radius 3 is 2.46 bits per heavy atom. The van der Waals surface area contributed by atoms with E-state index in [1.165, 1.54) is 0 Å². The highest BCUT2D eigenvalue weighted by molar-refractivity contribution is 9.10. The van der Waals surface area contributed by atoms with E-state index in [4.69, 9.17) is 27.9 Å². The maximum Gasteiger partial charge on any atom is 0.293 e. The quantitative estimate of drug-likeness (QED) is 0.275. The van der Waals surface area contributed by atoms with Gasteiger partial charge >= 0.3 is 0 Å². The first kappa shape index (κ1) is 27.3. The van der Waals surface area contributed by atoms with Gasteiger partial charge in [-0.05, 0) is 106 Å². The molecule has 37 heavy (non-hydrogen) atoms. The molecular weight excluding hydrogens is 599 g/mol. The smallest absolute Gasteiger partial charge is 0.293 e. The molecule has 1 N–H and O–H groups in total. The molecule has 0 aliphatic carbocycles. The predicted octanol–water partition coefficient (Wildman–Crippen LogP) is 7.63. The minimum absolute atomic E-state index is 0.0611. The number of rotatable bonds is 7. The lowest BCUT2D eigenvalue weighted by molar-refractivity contribution is -0.123. The van der Waals surface area contributed by atoms with E-state index in [0.29, 0.717) is 37.5 Å². The number of anilines is 1. The Balaban J connectivity index is 1.35. The number of hydrogen-bond donors (Lipinski definition) is 1. The molecule has 0 bridgehead atoms. The van der Waals surface area contributed by atoms with E-state index in [-0.39, 0.29) is 24.3 Å². The highest BCUT2D eigenvalue weighted by Gasteiger charge is 2.35. The monoisotopic (exact) mass is 618 g/mol. The minimum atomic E-state index is -0.393. The Hall–Kier alpha value is -2.78. The van der Waals surface area contributed by atoms with Crippen molar-refractivity contribution in [2.75, 3.05) is 11.9 Å². The van der Waals surface area contributed by atoms with Gasteiger partial charge in [0.05, 0.1) is 17.1 Å². The van der Waals surface area contributed by atoms with Crippen molar-refractivity contribution >= 4 is 79.7 Å². The van der Waals surface area contributed by atoms with Crippen LogP contribution in [0.15, 0.2) is 64.0 Å². The third-order valence-corrected chi connectivity index (χ3v) is 7.77. The van der Waals surface area contributed by atoms with E-state index in [9.17, 15) is 14.4 Å². The van der Waals surface area contributed by atoms with Crippen molar-refractivity contribution in [2.45, 2.75) is 20.4 Å². The molecule has 1 fully saturated rings. The zero-order chi connectivity index (χ0) is 26.7. The number of imide groups is 1. The molecule has 1 saturated heterocycles. The van der Waals surface area contributed by atoms with E-state index < -0.39 is 5.91 Å². The third-order valence-electron chi connectivity index (χ3n) is 5.62. The summed E-state index contributed by atoms with van der Waals surface area (Å²) in [7, 11) is 0. The van der Waals surface area contributed by atoms with Crippen LogP contribution in [0.3, 0.4) is 0 Å². The molecule has 0 atom stereocenters. The van der Waals surface area contributed by atoms with Crippen LogP contribution in [0, 0.1) is 13.8 Å². The Labute approximate surface area is 237 Å². The van der Waals surface area contributed by atoms with Crippen molar-refractivity contribution in [1.82, 2.24) is 4.90 Å². The van der Waals surface area contributed by atoms with Gasteiger partial charge in [-0.25, -0.2) is 0 Å². The van der Waals surface area contributed by atoms with Crippen LogP contribution in [0.4, 0.5) is 10.5 Å². The SMILES string of the molecule is Cc1cc(Br)c(NC(=O)COc2ccc(/C=C3/SC(=O)N(Cc4ccc(Cl)cc4Cl)C3=O)cc2)cc1C. The van der Waals surface area contributed by atoms with Gasteiger partial charge in [-0.1, -0.05) is 41.4 Å². The summed E-state index contributed by atoms with van der Waals surface area (Å²) >= 11 is 16.4. The van der Waals surface area contributed by atoms with Crippen LogP contribution in [0.2, 0.25) is 10.0 Å². The zero-order valence-corrected chi connectivity index (χ0v) is 23.7. The summed E-state index contributed by atoms with van der Waals surface area (Å²) in [6.07, 6.45) is 1.64. The summed E-state index contributed by atoms with van der Waals surface area (Å²) < 4.78 is 6.40. The normalized spacial score (nSPS) is 14.4. The molecule has 0 spiro atoms. The first-order valence-corrected chi connectivity index (χ1v) is 13.5. The summed E-state index contributed by atoms with van der Waals surface area (Å²) in [6.45, 7) is 3.88.